The van der Waals surface area contributed by atoms with E-state index in [9.17, 15) is 10.1 Å². The molecular formula is C11H9N3O2. The molecule has 0 radical (unpaired) electrons. The van der Waals surface area contributed by atoms with Gasteiger partial charge in [0.05, 0.1) is 11.5 Å². The minimum absolute atomic E-state index is 0.0337. The molecule has 0 N–H and O–H groups in total. The van der Waals surface area contributed by atoms with Crippen molar-refractivity contribution in [2.24, 2.45) is 0 Å². The second kappa shape index (κ2) is 4.81. The topological polar surface area (TPSA) is 70.2 Å². The molecule has 0 unspecified atom stereocenters. The van der Waals surface area contributed by atoms with Crippen LogP contribution in [0.4, 0.5) is 11.4 Å². The first kappa shape index (κ1) is 11.5. The third kappa shape index (κ3) is 2.28. The van der Waals surface area contributed by atoms with Crippen molar-refractivity contribution in [1.29, 1.82) is 5.26 Å². The van der Waals surface area contributed by atoms with Crippen LogP contribution in [0.3, 0.4) is 0 Å². The lowest BCUT2D eigenvalue weighted by atomic mass is 10.1. The molecule has 16 heavy (non-hydrogen) atoms. The number of nitrogens with zero attached hydrogens (tertiary/aromatic N) is 3. The van der Waals surface area contributed by atoms with Gasteiger partial charge in [-0.3, -0.25) is 10.1 Å². The van der Waals surface area contributed by atoms with Crippen LogP contribution in [0, 0.1) is 33.8 Å². The van der Waals surface area contributed by atoms with Crippen molar-refractivity contribution in [3.8, 4) is 18.4 Å². The molecule has 0 bridgehead atoms. The molecule has 0 amide bonds. The van der Waals surface area contributed by atoms with Crippen LogP contribution in [0.15, 0.2) is 18.2 Å². The molecule has 1 rings (SSSR count). The number of benzene rings is 1. The smallest absolute Gasteiger partial charge is 0.287 e. The van der Waals surface area contributed by atoms with Crippen LogP contribution in [0.25, 0.3) is 0 Å². The van der Waals surface area contributed by atoms with Crippen molar-refractivity contribution < 1.29 is 4.92 Å². The summed E-state index contributed by atoms with van der Waals surface area (Å²) in [7, 11) is 1.75. The molecule has 0 heterocycles. The average molecular weight is 215 g/mol. The summed E-state index contributed by atoms with van der Waals surface area (Å²) in [5.74, 6) is 2.45. The Kier molecular flexibility index (Phi) is 3.47. The fraction of sp³-hybridized carbons (Fsp3) is 0.182. The fourth-order valence-corrected chi connectivity index (χ4v) is 1.24. The lowest BCUT2D eigenvalue weighted by Gasteiger charge is -2.15. The largest absolute Gasteiger partial charge is 0.363 e. The molecular weight excluding hydrogens is 206 g/mol. The van der Waals surface area contributed by atoms with E-state index < -0.39 is 4.92 Å². The molecule has 0 atom stereocenters. The Morgan fingerprint density at radius 3 is 2.81 bits per heavy atom. The number of hydrogen-bond donors (Lipinski definition) is 0. The molecule has 0 saturated carbocycles. The first-order chi connectivity index (χ1) is 7.60. The molecule has 1 aromatic carbocycles. The predicted octanol–water partition coefficient (Wildman–Crippen LogP) is 1.54. The molecule has 0 aliphatic carbocycles. The summed E-state index contributed by atoms with van der Waals surface area (Å²) in [4.78, 5) is 11.7. The van der Waals surface area contributed by atoms with Crippen LogP contribution in [0.1, 0.15) is 5.56 Å². The summed E-state index contributed by atoms with van der Waals surface area (Å²) >= 11 is 0. The van der Waals surface area contributed by atoms with Gasteiger partial charge in [-0.25, -0.2) is 0 Å². The van der Waals surface area contributed by atoms with Crippen molar-refractivity contribution in [2.75, 3.05) is 18.5 Å². The van der Waals surface area contributed by atoms with Gasteiger partial charge in [0.25, 0.3) is 5.69 Å². The number of nitro benzene ring substituents is 1. The summed E-state index contributed by atoms with van der Waals surface area (Å²) < 4.78 is 0. The van der Waals surface area contributed by atoms with Gasteiger partial charge in [0.15, 0.2) is 0 Å². The zero-order valence-corrected chi connectivity index (χ0v) is 8.67. The Balaban J connectivity index is 3.16. The van der Waals surface area contributed by atoms with Crippen molar-refractivity contribution in [3.63, 3.8) is 0 Å². The van der Waals surface area contributed by atoms with Crippen LogP contribution in [0.2, 0.25) is 0 Å². The SMILES string of the molecule is C#CCN(C)c1ccc([N+](=O)[O-])c(C#N)c1. The summed E-state index contributed by atoms with van der Waals surface area (Å²) in [6.45, 7) is 0.378. The number of hydrogen-bond acceptors (Lipinski definition) is 4. The Hall–Kier alpha value is -2.53. The zero-order valence-electron chi connectivity index (χ0n) is 8.67. The van der Waals surface area contributed by atoms with Gasteiger partial charge >= 0.3 is 0 Å². The molecule has 0 saturated heterocycles. The average Bonchev–Trinajstić information content (AvgIpc) is 2.28. The minimum Gasteiger partial charge on any atom is -0.363 e. The van der Waals surface area contributed by atoms with Crippen LogP contribution in [-0.4, -0.2) is 18.5 Å². The Morgan fingerprint density at radius 2 is 2.31 bits per heavy atom. The van der Waals surface area contributed by atoms with Gasteiger partial charge in [0.2, 0.25) is 0 Å². The third-order valence-electron chi connectivity index (χ3n) is 2.07. The molecule has 80 valence electrons. The van der Waals surface area contributed by atoms with Crippen LogP contribution in [-0.2, 0) is 0 Å². The van der Waals surface area contributed by atoms with Crippen molar-refractivity contribution in [1.82, 2.24) is 0 Å². The molecule has 5 heteroatoms. The predicted molar refractivity (Wildman–Crippen MR) is 59.9 cm³/mol. The number of nitriles is 1. The monoisotopic (exact) mass is 215 g/mol. The summed E-state index contributed by atoms with van der Waals surface area (Å²) in [5.41, 5.74) is 0.520. The van der Waals surface area contributed by atoms with Gasteiger partial charge < -0.3 is 4.90 Å². The van der Waals surface area contributed by atoms with Crippen LogP contribution < -0.4 is 4.90 Å². The molecule has 0 aliphatic rings. The first-order valence-corrected chi connectivity index (χ1v) is 4.43. The van der Waals surface area contributed by atoms with Gasteiger partial charge in [-0.1, -0.05) is 5.92 Å². The van der Waals surface area contributed by atoms with E-state index in [1.165, 1.54) is 12.1 Å². The molecule has 0 aliphatic heterocycles. The van der Waals surface area contributed by atoms with E-state index in [0.29, 0.717) is 12.2 Å². The lowest BCUT2D eigenvalue weighted by molar-refractivity contribution is -0.385. The zero-order chi connectivity index (χ0) is 12.1. The molecule has 0 spiro atoms. The van der Waals surface area contributed by atoms with E-state index in [1.54, 1.807) is 24.1 Å². The van der Waals surface area contributed by atoms with Gasteiger partial charge in [0.1, 0.15) is 11.6 Å². The third-order valence-corrected chi connectivity index (χ3v) is 2.07. The first-order valence-electron chi connectivity index (χ1n) is 4.43. The van der Waals surface area contributed by atoms with Gasteiger partial charge in [-0.15, -0.1) is 6.42 Å². The quantitative estimate of drug-likeness (QED) is 0.435. The Labute approximate surface area is 93.1 Å². The highest BCUT2D eigenvalue weighted by atomic mass is 16.6. The Morgan fingerprint density at radius 1 is 1.62 bits per heavy atom. The second-order valence-electron chi connectivity index (χ2n) is 3.13. The summed E-state index contributed by atoms with van der Waals surface area (Å²) in [6.07, 6.45) is 5.15. The standard InChI is InChI=1S/C11H9N3O2/c1-3-6-13(2)10-4-5-11(14(15)16)9(7-10)8-12/h1,4-5,7H,6H2,2H3. The van der Waals surface area contributed by atoms with Crippen LogP contribution >= 0.6 is 0 Å². The maximum atomic E-state index is 10.6. The number of terminal acetylenes is 1. The fourth-order valence-electron chi connectivity index (χ4n) is 1.24. The van der Waals surface area contributed by atoms with E-state index in [-0.39, 0.29) is 11.3 Å². The van der Waals surface area contributed by atoms with Gasteiger partial charge in [-0.2, -0.15) is 5.26 Å². The highest BCUT2D eigenvalue weighted by molar-refractivity contribution is 5.59. The molecule has 0 fully saturated rings. The van der Waals surface area contributed by atoms with Gasteiger partial charge in [0, 0.05) is 18.8 Å². The van der Waals surface area contributed by atoms with Crippen molar-refractivity contribution in [3.05, 3.63) is 33.9 Å². The highest BCUT2D eigenvalue weighted by Gasteiger charge is 2.14. The minimum atomic E-state index is -0.580. The summed E-state index contributed by atoms with van der Waals surface area (Å²) in [5, 5.41) is 19.4. The van der Waals surface area contributed by atoms with E-state index in [2.05, 4.69) is 5.92 Å². The molecule has 5 nitrogen and oxygen atoms in total. The molecule has 0 aromatic heterocycles. The Bertz CT molecular complexity index is 497. The number of anilines is 1. The maximum absolute atomic E-state index is 10.6. The highest BCUT2D eigenvalue weighted by Crippen LogP contribution is 2.23. The second-order valence-corrected chi connectivity index (χ2v) is 3.13. The summed E-state index contributed by atoms with van der Waals surface area (Å²) in [6, 6.07) is 6.12. The van der Waals surface area contributed by atoms with E-state index in [0.717, 1.165) is 0 Å². The van der Waals surface area contributed by atoms with Gasteiger partial charge in [-0.05, 0) is 12.1 Å². The normalized spacial score (nSPS) is 8.94. The van der Waals surface area contributed by atoms with E-state index >= 15 is 0 Å². The lowest BCUT2D eigenvalue weighted by Crippen LogP contribution is -2.17. The van der Waals surface area contributed by atoms with E-state index in [1.807, 2.05) is 0 Å². The molecule has 1 aromatic rings. The maximum Gasteiger partial charge on any atom is 0.287 e. The van der Waals surface area contributed by atoms with Crippen molar-refractivity contribution in [2.45, 2.75) is 0 Å². The van der Waals surface area contributed by atoms with Crippen LogP contribution in [0.5, 0.6) is 0 Å². The van der Waals surface area contributed by atoms with E-state index in [4.69, 9.17) is 11.7 Å². The number of nitro groups is 1. The van der Waals surface area contributed by atoms with Crippen molar-refractivity contribution >= 4 is 11.4 Å². The number of rotatable bonds is 3.